The van der Waals surface area contributed by atoms with Crippen LogP contribution in [0.3, 0.4) is 0 Å². The highest BCUT2D eigenvalue weighted by Crippen LogP contribution is 2.11. The van der Waals surface area contributed by atoms with Crippen molar-refractivity contribution in [3.05, 3.63) is 52.3 Å². The third-order valence-electron chi connectivity index (χ3n) is 2.57. The molecule has 0 bridgehead atoms. The van der Waals surface area contributed by atoms with E-state index in [4.69, 9.17) is 16.7 Å². The summed E-state index contributed by atoms with van der Waals surface area (Å²) in [6.45, 7) is 2.18. The lowest BCUT2D eigenvalue weighted by Gasteiger charge is -2.06. The molecule has 0 unspecified atom stereocenters. The first-order valence-corrected chi connectivity index (χ1v) is 5.99. The van der Waals surface area contributed by atoms with Gasteiger partial charge in [-0.1, -0.05) is 23.7 Å². The number of carboxylic acids is 1. The monoisotopic (exact) mass is 277 g/mol. The minimum Gasteiger partial charge on any atom is -0.478 e. The van der Waals surface area contributed by atoms with E-state index in [-0.39, 0.29) is 5.56 Å². The zero-order chi connectivity index (χ0) is 13.8. The molecule has 1 aromatic heterocycles. The molecule has 0 saturated heterocycles. The van der Waals surface area contributed by atoms with Crippen LogP contribution in [0.4, 0.5) is 5.95 Å². The molecule has 1 aromatic carbocycles. The molecule has 2 N–H and O–H groups in total. The Hall–Kier alpha value is -2.14. The van der Waals surface area contributed by atoms with Crippen molar-refractivity contribution in [2.24, 2.45) is 0 Å². The first kappa shape index (κ1) is 13.3. The average Bonchev–Trinajstić information content (AvgIpc) is 2.37. The van der Waals surface area contributed by atoms with E-state index >= 15 is 0 Å². The fourth-order valence-electron chi connectivity index (χ4n) is 1.55. The predicted molar refractivity (Wildman–Crippen MR) is 72.5 cm³/mol. The highest BCUT2D eigenvalue weighted by atomic mass is 35.5. The third kappa shape index (κ3) is 3.42. The Morgan fingerprint density at radius 1 is 1.37 bits per heavy atom. The largest absolute Gasteiger partial charge is 0.478 e. The minimum absolute atomic E-state index is 0.108. The molecule has 0 radical (unpaired) electrons. The summed E-state index contributed by atoms with van der Waals surface area (Å²) in [4.78, 5) is 18.9. The van der Waals surface area contributed by atoms with Crippen molar-refractivity contribution in [2.75, 3.05) is 5.32 Å². The van der Waals surface area contributed by atoms with E-state index < -0.39 is 5.97 Å². The topological polar surface area (TPSA) is 75.1 Å². The summed E-state index contributed by atoms with van der Waals surface area (Å²) in [7, 11) is 0. The molecule has 0 aliphatic rings. The Morgan fingerprint density at radius 3 is 2.63 bits per heavy atom. The molecule has 0 aliphatic carbocycles. The molecule has 0 saturated carbocycles. The Bertz CT molecular complexity index is 599. The number of carbonyl (C=O) groups is 1. The van der Waals surface area contributed by atoms with Gasteiger partial charge in [0, 0.05) is 17.8 Å². The second-order valence-corrected chi connectivity index (χ2v) is 4.41. The van der Waals surface area contributed by atoms with Crippen LogP contribution in [0.25, 0.3) is 0 Å². The maximum absolute atomic E-state index is 10.8. The van der Waals surface area contributed by atoms with Crippen LogP contribution in [0.2, 0.25) is 5.02 Å². The third-order valence-corrected chi connectivity index (χ3v) is 2.83. The van der Waals surface area contributed by atoms with E-state index in [9.17, 15) is 4.79 Å². The second kappa shape index (κ2) is 5.67. The fourth-order valence-corrected chi connectivity index (χ4v) is 1.67. The molecule has 0 atom stereocenters. The molecule has 1 heterocycles. The van der Waals surface area contributed by atoms with Crippen LogP contribution in [-0.4, -0.2) is 21.0 Å². The number of aryl methyl sites for hydroxylation is 1. The molecular weight excluding hydrogens is 266 g/mol. The quantitative estimate of drug-likeness (QED) is 0.899. The zero-order valence-electron chi connectivity index (χ0n) is 10.2. The first-order chi connectivity index (χ1) is 9.06. The van der Waals surface area contributed by atoms with Crippen molar-refractivity contribution in [1.29, 1.82) is 0 Å². The number of aromatic nitrogens is 2. The van der Waals surface area contributed by atoms with E-state index in [2.05, 4.69) is 15.3 Å². The predicted octanol–water partition coefficient (Wildman–Crippen LogP) is 2.75. The maximum atomic E-state index is 10.8. The number of carboxylic acid groups (broad SMARTS) is 1. The summed E-state index contributed by atoms with van der Waals surface area (Å²) in [5, 5.41) is 12.6. The second-order valence-electron chi connectivity index (χ2n) is 3.98. The number of nitrogens with zero attached hydrogens (tertiary/aromatic N) is 2. The van der Waals surface area contributed by atoms with Crippen LogP contribution in [0, 0.1) is 6.92 Å². The Morgan fingerprint density at radius 2 is 2.05 bits per heavy atom. The summed E-state index contributed by atoms with van der Waals surface area (Å²) in [5.74, 6) is -0.626. The van der Waals surface area contributed by atoms with Gasteiger partial charge >= 0.3 is 5.97 Å². The first-order valence-electron chi connectivity index (χ1n) is 5.61. The lowest BCUT2D eigenvalue weighted by Crippen LogP contribution is -2.08. The molecule has 0 spiro atoms. The summed E-state index contributed by atoms with van der Waals surface area (Å²) in [6.07, 6.45) is 1.30. The highest BCUT2D eigenvalue weighted by molar-refractivity contribution is 6.30. The van der Waals surface area contributed by atoms with Gasteiger partial charge in [-0.15, -0.1) is 0 Å². The van der Waals surface area contributed by atoms with Crippen molar-refractivity contribution >= 4 is 23.5 Å². The molecule has 19 heavy (non-hydrogen) atoms. The number of rotatable bonds is 4. The molecule has 6 heteroatoms. The van der Waals surface area contributed by atoms with Gasteiger partial charge in [0.05, 0.1) is 11.3 Å². The van der Waals surface area contributed by atoms with Crippen molar-refractivity contribution in [1.82, 2.24) is 9.97 Å². The van der Waals surface area contributed by atoms with Crippen LogP contribution >= 0.6 is 11.6 Å². The number of aromatic carboxylic acids is 1. The Kier molecular flexibility index (Phi) is 3.97. The number of halogens is 1. The Balaban J connectivity index is 2.06. The molecule has 0 fully saturated rings. The molecule has 5 nitrogen and oxygen atoms in total. The van der Waals surface area contributed by atoms with Gasteiger partial charge < -0.3 is 10.4 Å². The smallest absolute Gasteiger partial charge is 0.339 e. The minimum atomic E-state index is -1.03. The lowest BCUT2D eigenvalue weighted by molar-refractivity contribution is 0.0695. The van der Waals surface area contributed by atoms with Crippen LogP contribution in [-0.2, 0) is 6.54 Å². The molecular formula is C13H12ClN3O2. The van der Waals surface area contributed by atoms with Crippen molar-refractivity contribution in [2.45, 2.75) is 13.5 Å². The van der Waals surface area contributed by atoms with E-state index in [0.717, 1.165) is 5.56 Å². The van der Waals surface area contributed by atoms with Gasteiger partial charge in [-0.2, -0.15) is 0 Å². The van der Waals surface area contributed by atoms with Crippen molar-refractivity contribution < 1.29 is 9.90 Å². The molecule has 2 rings (SSSR count). The van der Waals surface area contributed by atoms with Gasteiger partial charge in [0.1, 0.15) is 0 Å². The standard InChI is InChI=1S/C13H12ClN3O2/c1-8-11(12(18)19)7-16-13(17-8)15-6-9-2-4-10(14)5-3-9/h2-5,7H,6H2,1H3,(H,18,19)(H,15,16,17). The summed E-state index contributed by atoms with van der Waals surface area (Å²) < 4.78 is 0. The van der Waals surface area contributed by atoms with E-state index in [1.165, 1.54) is 6.20 Å². The van der Waals surface area contributed by atoms with Gasteiger partial charge in [-0.05, 0) is 24.6 Å². The summed E-state index contributed by atoms with van der Waals surface area (Å²) in [5.41, 5.74) is 1.58. The van der Waals surface area contributed by atoms with Crippen LogP contribution in [0.5, 0.6) is 0 Å². The van der Waals surface area contributed by atoms with E-state index in [1.807, 2.05) is 12.1 Å². The summed E-state index contributed by atoms with van der Waals surface area (Å²) in [6, 6.07) is 7.40. The Labute approximate surface area is 115 Å². The van der Waals surface area contributed by atoms with Crippen LogP contribution < -0.4 is 5.32 Å². The van der Waals surface area contributed by atoms with Gasteiger partial charge in [-0.25, -0.2) is 14.8 Å². The van der Waals surface area contributed by atoms with Crippen LogP contribution in [0.15, 0.2) is 30.5 Å². The number of nitrogens with one attached hydrogen (secondary N) is 1. The van der Waals surface area contributed by atoms with Crippen molar-refractivity contribution in [3.63, 3.8) is 0 Å². The normalized spacial score (nSPS) is 10.2. The van der Waals surface area contributed by atoms with E-state index in [0.29, 0.717) is 23.2 Å². The number of benzene rings is 1. The average molecular weight is 278 g/mol. The van der Waals surface area contributed by atoms with Gasteiger partial charge in [0.25, 0.3) is 0 Å². The highest BCUT2D eigenvalue weighted by Gasteiger charge is 2.09. The van der Waals surface area contributed by atoms with Crippen molar-refractivity contribution in [3.8, 4) is 0 Å². The molecule has 0 amide bonds. The summed E-state index contributed by atoms with van der Waals surface area (Å²) >= 11 is 5.80. The van der Waals surface area contributed by atoms with E-state index in [1.54, 1.807) is 19.1 Å². The maximum Gasteiger partial charge on any atom is 0.339 e. The molecule has 98 valence electrons. The molecule has 2 aromatic rings. The number of hydrogen-bond donors (Lipinski definition) is 2. The van der Waals surface area contributed by atoms with Gasteiger partial charge in [0.15, 0.2) is 0 Å². The SMILES string of the molecule is Cc1nc(NCc2ccc(Cl)cc2)ncc1C(=O)O. The lowest BCUT2D eigenvalue weighted by atomic mass is 10.2. The zero-order valence-corrected chi connectivity index (χ0v) is 11.0. The van der Waals surface area contributed by atoms with Gasteiger partial charge in [-0.3, -0.25) is 0 Å². The van der Waals surface area contributed by atoms with Gasteiger partial charge in [0.2, 0.25) is 5.95 Å². The number of hydrogen-bond acceptors (Lipinski definition) is 4. The number of anilines is 1. The van der Waals surface area contributed by atoms with Crippen LogP contribution in [0.1, 0.15) is 21.6 Å². The molecule has 0 aliphatic heterocycles. The fraction of sp³-hybridized carbons (Fsp3) is 0.154.